The molecule has 0 radical (unpaired) electrons. The first kappa shape index (κ1) is 35.3. The number of ketones is 1. The van der Waals surface area contributed by atoms with Crippen LogP contribution in [0.3, 0.4) is 0 Å². The van der Waals surface area contributed by atoms with Crippen molar-refractivity contribution >= 4 is 26.4 Å². The molecule has 1 aromatic rings. The monoisotopic (exact) mass is 625 g/mol. The quantitative estimate of drug-likeness (QED) is 0.116. The minimum absolute atomic E-state index is 0.0822. The highest BCUT2D eigenvalue weighted by Crippen LogP contribution is 2.52. The van der Waals surface area contributed by atoms with E-state index in [0.29, 0.717) is 50.5 Å². The van der Waals surface area contributed by atoms with Gasteiger partial charge in [-0.2, -0.15) is 0 Å². The fourth-order valence-electron chi connectivity index (χ4n) is 6.03. The smallest absolute Gasteiger partial charge is 0.407 e. The van der Waals surface area contributed by atoms with Gasteiger partial charge >= 0.3 is 14.7 Å². The van der Waals surface area contributed by atoms with Crippen LogP contribution in [0.15, 0.2) is 0 Å². The summed E-state index contributed by atoms with van der Waals surface area (Å²) in [5.74, 6) is 1.96. The molecular formula is C30H52N5O7P. The Morgan fingerprint density at radius 1 is 0.977 bits per heavy atom. The highest BCUT2D eigenvalue weighted by atomic mass is 31.2. The lowest BCUT2D eigenvalue weighted by Gasteiger charge is -2.11. The van der Waals surface area contributed by atoms with E-state index in [1.54, 1.807) is 6.92 Å². The van der Waals surface area contributed by atoms with Crippen LogP contribution in [0, 0.1) is 23.7 Å². The molecule has 2 amide bonds. The number of Topliss-reactive ketones (excluding diaryl/α,β-unsaturated/α-hetero) is 1. The normalized spacial score (nSPS) is 20.0. The van der Waals surface area contributed by atoms with Crippen molar-refractivity contribution in [2.75, 3.05) is 26.3 Å². The summed E-state index contributed by atoms with van der Waals surface area (Å²) in [6.07, 6.45) is 11.9. The van der Waals surface area contributed by atoms with E-state index >= 15 is 0 Å². The van der Waals surface area contributed by atoms with E-state index in [2.05, 4.69) is 20.9 Å². The van der Waals surface area contributed by atoms with E-state index in [1.165, 1.54) is 5.69 Å². The van der Waals surface area contributed by atoms with Gasteiger partial charge in [0, 0.05) is 32.0 Å². The van der Waals surface area contributed by atoms with Gasteiger partial charge in [0.2, 0.25) is 5.91 Å². The van der Waals surface area contributed by atoms with Gasteiger partial charge in [-0.15, -0.1) is 5.10 Å². The number of carbonyl (C=O) groups is 3. The number of fused-ring (bicyclic) bond motifs is 2. The number of nitrogens with zero attached hydrogens (tertiary/aromatic N) is 3. The molecule has 244 valence electrons. The van der Waals surface area contributed by atoms with Gasteiger partial charge in [0.05, 0.1) is 24.6 Å². The maximum atomic E-state index is 12.2. The van der Waals surface area contributed by atoms with Crippen molar-refractivity contribution in [1.82, 2.24) is 25.6 Å². The van der Waals surface area contributed by atoms with Gasteiger partial charge in [0.1, 0.15) is 5.78 Å². The van der Waals surface area contributed by atoms with Crippen LogP contribution < -0.4 is 10.6 Å². The molecule has 1 fully saturated rings. The van der Waals surface area contributed by atoms with Gasteiger partial charge in [-0.05, 0) is 88.9 Å². The first-order valence-electron chi connectivity index (χ1n) is 16.2. The minimum Gasteiger partial charge on any atom is -0.449 e. The first-order chi connectivity index (χ1) is 20.8. The number of rotatable bonds is 21. The number of alkyl carbamates (subject to hydrolysis) is 1. The number of nitrogens with one attached hydrogen (secondary N) is 2. The van der Waals surface area contributed by atoms with Crippen molar-refractivity contribution in [2.24, 2.45) is 23.7 Å². The van der Waals surface area contributed by atoms with Crippen LogP contribution >= 0.6 is 8.60 Å². The van der Waals surface area contributed by atoms with Crippen molar-refractivity contribution in [2.45, 2.75) is 110 Å². The molecule has 1 heterocycles. The molecule has 13 heteroatoms. The molecule has 12 nitrogen and oxygen atoms in total. The van der Waals surface area contributed by atoms with E-state index < -0.39 is 8.60 Å². The molecule has 0 saturated heterocycles. The van der Waals surface area contributed by atoms with Gasteiger partial charge in [-0.25, -0.2) is 9.48 Å². The van der Waals surface area contributed by atoms with E-state index in [9.17, 15) is 14.4 Å². The lowest BCUT2D eigenvalue weighted by atomic mass is 10.0. The van der Waals surface area contributed by atoms with Crippen molar-refractivity contribution in [1.29, 1.82) is 0 Å². The third-order valence-electron chi connectivity index (χ3n) is 8.91. The van der Waals surface area contributed by atoms with Gasteiger partial charge < -0.3 is 29.7 Å². The highest BCUT2D eigenvalue weighted by Gasteiger charge is 2.50. The molecule has 4 N–H and O–H groups in total. The number of hydrogen-bond acceptors (Lipinski definition) is 9. The molecule has 3 rings (SSSR count). The molecule has 0 aliphatic heterocycles. The number of aryl methyl sites for hydroxylation is 2. The van der Waals surface area contributed by atoms with Crippen LogP contribution in [0.4, 0.5) is 4.79 Å². The zero-order valence-electron chi connectivity index (χ0n) is 26.0. The predicted molar refractivity (Wildman–Crippen MR) is 163 cm³/mol. The van der Waals surface area contributed by atoms with E-state index in [0.717, 1.165) is 95.7 Å². The van der Waals surface area contributed by atoms with Crippen LogP contribution in [0.5, 0.6) is 0 Å². The van der Waals surface area contributed by atoms with Crippen LogP contribution in [0.2, 0.25) is 0 Å². The second-order valence-corrected chi connectivity index (χ2v) is 12.9. The molecular weight excluding hydrogens is 573 g/mol. The molecule has 0 bridgehead atoms. The first-order valence-corrected chi connectivity index (χ1v) is 17.3. The second-order valence-electron chi connectivity index (χ2n) is 12.1. The van der Waals surface area contributed by atoms with E-state index in [-0.39, 0.29) is 23.7 Å². The second kappa shape index (κ2) is 19.3. The topological polar surface area (TPSA) is 165 Å². The van der Waals surface area contributed by atoms with Crippen LogP contribution in [0.25, 0.3) is 0 Å². The molecule has 1 aromatic heterocycles. The Bertz CT molecular complexity index is 1010. The molecule has 0 aromatic carbocycles. The molecule has 1 unspecified atom stereocenters. The summed E-state index contributed by atoms with van der Waals surface area (Å²) in [4.78, 5) is 53.0. The standard InChI is InChI=1S/C30H52N5O7P/c1-22(23(2)36)11-5-8-17-31-29(37)12-6-9-19-35-28-16-14-25-24(13-15-27(28)33-34-35)26(25)21-41-30(38)32-18-7-3-4-10-20-42-43(39)40/h22,24-26,39-40H,3-21H2,1-2H3,(H,31,37)(H,32,38)/t22?,24-,25+,26-/m1/s1. The summed E-state index contributed by atoms with van der Waals surface area (Å²) in [5, 5.41) is 14.7. The van der Waals surface area contributed by atoms with Crippen LogP contribution in [-0.4, -0.2) is 68.9 Å². The summed E-state index contributed by atoms with van der Waals surface area (Å²) >= 11 is 0. The van der Waals surface area contributed by atoms with Crippen molar-refractivity contribution in [3.05, 3.63) is 11.4 Å². The number of carbonyl (C=O) groups excluding carboxylic acids is 3. The Morgan fingerprint density at radius 3 is 2.47 bits per heavy atom. The zero-order valence-corrected chi connectivity index (χ0v) is 26.9. The summed E-state index contributed by atoms with van der Waals surface area (Å²) in [6, 6.07) is 0. The maximum Gasteiger partial charge on any atom is 0.407 e. The number of hydrogen-bond donors (Lipinski definition) is 4. The third kappa shape index (κ3) is 13.2. The maximum absolute atomic E-state index is 12.2. The lowest BCUT2D eigenvalue weighted by molar-refractivity contribution is -0.122. The van der Waals surface area contributed by atoms with Gasteiger partial charge in [0.25, 0.3) is 0 Å². The van der Waals surface area contributed by atoms with Crippen molar-refractivity contribution in [3.8, 4) is 0 Å². The van der Waals surface area contributed by atoms with Gasteiger partial charge in [0.15, 0.2) is 0 Å². The van der Waals surface area contributed by atoms with Gasteiger partial charge in [-0.3, -0.25) is 9.59 Å². The number of unbranched alkanes of at least 4 members (excludes halogenated alkanes) is 5. The average Bonchev–Trinajstić information content (AvgIpc) is 3.47. The minimum atomic E-state index is -2.27. The van der Waals surface area contributed by atoms with Gasteiger partial charge in [-0.1, -0.05) is 31.4 Å². The molecule has 2 aliphatic carbocycles. The highest BCUT2D eigenvalue weighted by molar-refractivity contribution is 7.39. The molecule has 4 atom stereocenters. The van der Waals surface area contributed by atoms with E-state index in [4.69, 9.17) is 19.0 Å². The Hall–Kier alpha value is -2.14. The fourth-order valence-corrected chi connectivity index (χ4v) is 6.33. The molecule has 0 spiro atoms. The molecule has 2 aliphatic rings. The SMILES string of the molecule is CC(=O)C(C)CCCCNC(=O)CCCCn1nnc2c1CC[C@H]1[C@@H](CC2)[C@H]1COC(=O)NCCCCCCOP(O)O. The summed E-state index contributed by atoms with van der Waals surface area (Å²) in [5.41, 5.74) is 2.30. The predicted octanol–water partition coefficient (Wildman–Crippen LogP) is 4.22. The largest absolute Gasteiger partial charge is 0.449 e. The summed E-state index contributed by atoms with van der Waals surface area (Å²) < 4.78 is 12.3. The number of amides is 2. The summed E-state index contributed by atoms with van der Waals surface area (Å²) in [6.45, 7) is 6.37. The lowest BCUT2D eigenvalue weighted by Crippen LogP contribution is -2.26. The number of ether oxygens (including phenoxy) is 1. The van der Waals surface area contributed by atoms with Crippen LogP contribution in [0.1, 0.15) is 102 Å². The molecule has 43 heavy (non-hydrogen) atoms. The Morgan fingerprint density at radius 2 is 1.70 bits per heavy atom. The zero-order chi connectivity index (χ0) is 31.0. The Labute approximate surface area is 257 Å². The Kier molecular flexibility index (Phi) is 15.9. The van der Waals surface area contributed by atoms with Crippen molar-refractivity contribution in [3.63, 3.8) is 0 Å². The Balaban J connectivity index is 1.24. The number of aromatic nitrogens is 3. The fraction of sp³-hybridized carbons (Fsp3) is 0.833. The van der Waals surface area contributed by atoms with E-state index in [1.807, 2.05) is 11.6 Å². The third-order valence-corrected chi connectivity index (χ3v) is 9.33. The van der Waals surface area contributed by atoms with Crippen molar-refractivity contribution < 1.29 is 33.4 Å². The van der Waals surface area contributed by atoms with Crippen LogP contribution in [-0.2, 0) is 38.2 Å². The molecule has 1 saturated carbocycles. The average molecular weight is 626 g/mol. The summed E-state index contributed by atoms with van der Waals surface area (Å²) in [7, 11) is -2.27.